The van der Waals surface area contributed by atoms with Gasteiger partial charge in [0.15, 0.2) is 0 Å². The molecular formula is C29H38Cl2N4O7S2. The molecule has 2 aromatic rings. The zero-order chi connectivity index (χ0) is 32.9. The van der Waals surface area contributed by atoms with Crippen molar-refractivity contribution in [1.82, 2.24) is 20.7 Å². The number of hydrogen-bond acceptors (Lipinski definition) is 7. The SMILES string of the molecule is CC(C)C[C@H](NC(=O)[C@H](CCC(=O)O)NS(=O)(=O)Cc1ccccc1)C(=O)N[C@@H](CS)C(=O)NCCc1ccc(Cl)cc1Cl. The third kappa shape index (κ3) is 13.4. The summed E-state index contributed by atoms with van der Waals surface area (Å²) < 4.78 is 28.0. The highest BCUT2D eigenvalue weighted by atomic mass is 35.5. The van der Waals surface area contributed by atoms with E-state index in [9.17, 15) is 27.6 Å². The monoisotopic (exact) mass is 688 g/mol. The van der Waals surface area contributed by atoms with Crippen LogP contribution in [0.4, 0.5) is 0 Å². The van der Waals surface area contributed by atoms with Crippen molar-refractivity contribution in [2.24, 2.45) is 5.92 Å². The van der Waals surface area contributed by atoms with Gasteiger partial charge in [-0.25, -0.2) is 13.1 Å². The summed E-state index contributed by atoms with van der Waals surface area (Å²) in [6.45, 7) is 3.87. The van der Waals surface area contributed by atoms with Gasteiger partial charge in [-0.05, 0) is 48.4 Å². The number of amides is 3. The number of carboxylic acid groups (broad SMARTS) is 1. The number of carbonyl (C=O) groups is 4. The highest BCUT2D eigenvalue weighted by Gasteiger charge is 2.31. The number of thiol groups is 1. The van der Waals surface area contributed by atoms with Crippen LogP contribution in [0.1, 0.15) is 44.2 Å². The number of rotatable bonds is 18. The Hall–Kier alpha value is -2.84. The molecular weight excluding hydrogens is 651 g/mol. The molecule has 2 rings (SSSR count). The number of halogens is 2. The van der Waals surface area contributed by atoms with Crippen LogP contribution in [0.3, 0.4) is 0 Å². The average molecular weight is 690 g/mol. The highest BCUT2D eigenvalue weighted by Crippen LogP contribution is 2.21. The van der Waals surface area contributed by atoms with Gasteiger partial charge in [0.2, 0.25) is 27.7 Å². The van der Waals surface area contributed by atoms with Crippen LogP contribution in [0.2, 0.25) is 10.0 Å². The van der Waals surface area contributed by atoms with Crippen LogP contribution < -0.4 is 20.7 Å². The van der Waals surface area contributed by atoms with Gasteiger partial charge in [0, 0.05) is 28.8 Å². The van der Waals surface area contributed by atoms with Gasteiger partial charge >= 0.3 is 5.97 Å². The molecule has 0 aromatic heterocycles. The summed E-state index contributed by atoms with van der Waals surface area (Å²) >= 11 is 16.3. The minimum absolute atomic E-state index is 0.0395. The van der Waals surface area contributed by atoms with E-state index < -0.39 is 64.0 Å². The molecule has 0 saturated heterocycles. The van der Waals surface area contributed by atoms with E-state index in [0.717, 1.165) is 5.56 Å². The smallest absolute Gasteiger partial charge is 0.303 e. The minimum atomic E-state index is -4.06. The molecule has 0 aliphatic carbocycles. The van der Waals surface area contributed by atoms with Gasteiger partial charge in [0.05, 0.1) is 5.75 Å². The van der Waals surface area contributed by atoms with Crippen molar-refractivity contribution in [2.75, 3.05) is 12.3 Å². The molecule has 0 saturated carbocycles. The molecule has 0 bridgehead atoms. The summed E-state index contributed by atoms with van der Waals surface area (Å²) in [6, 6.07) is 9.68. The van der Waals surface area contributed by atoms with Crippen LogP contribution in [0.25, 0.3) is 0 Å². The van der Waals surface area contributed by atoms with Gasteiger partial charge in [0.1, 0.15) is 18.1 Å². The molecule has 0 aliphatic rings. The highest BCUT2D eigenvalue weighted by molar-refractivity contribution is 7.88. The van der Waals surface area contributed by atoms with Gasteiger partial charge in [0.25, 0.3) is 0 Å². The molecule has 242 valence electrons. The van der Waals surface area contributed by atoms with Gasteiger partial charge in [-0.15, -0.1) is 0 Å². The first-order chi connectivity index (χ1) is 20.7. The van der Waals surface area contributed by atoms with Crippen molar-refractivity contribution >= 4 is 69.5 Å². The lowest BCUT2D eigenvalue weighted by molar-refractivity contribution is -0.137. The standard InChI is InChI=1S/C29H38Cl2N4O7S2/c1-18(2)14-24(29(40)34-25(16-43)27(38)32-13-12-20-8-9-21(30)15-22(20)31)33-28(39)23(10-11-26(36)37)35-44(41,42)17-19-6-4-3-5-7-19/h3-9,15,18,23-25,35,43H,10-14,16-17H2,1-2H3,(H,32,38)(H,33,39)(H,34,40)(H,36,37)/t23-,24-,25-/m0/s1. The molecule has 0 heterocycles. The lowest BCUT2D eigenvalue weighted by Gasteiger charge is -2.25. The lowest BCUT2D eigenvalue weighted by Crippen LogP contribution is -2.57. The van der Waals surface area contributed by atoms with Crippen molar-refractivity contribution in [1.29, 1.82) is 0 Å². The molecule has 3 atom stereocenters. The van der Waals surface area contributed by atoms with Crippen molar-refractivity contribution in [3.05, 3.63) is 69.7 Å². The van der Waals surface area contributed by atoms with Crippen LogP contribution in [-0.2, 0) is 41.4 Å². The lowest BCUT2D eigenvalue weighted by atomic mass is 10.0. The molecule has 0 fully saturated rings. The predicted molar refractivity (Wildman–Crippen MR) is 173 cm³/mol. The van der Waals surface area contributed by atoms with Crippen LogP contribution in [0.5, 0.6) is 0 Å². The molecule has 0 unspecified atom stereocenters. The third-order valence-electron chi connectivity index (χ3n) is 6.35. The Bertz CT molecular complexity index is 1400. The average Bonchev–Trinajstić information content (AvgIpc) is 2.94. The Morgan fingerprint density at radius 1 is 0.909 bits per heavy atom. The maximum atomic E-state index is 13.3. The number of aliphatic carboxylic acids is 1. The molecule has 15 heteroatoms. The molecule has 0 aliphatic heterocycles. The van der Waals surface area contributed by atoms with E-state index in [4.69, 9.17) is 28.3 Å². The van der Waals surface area contributed by atoms with Crippen molar-refractivity contribution < 1.29 is 32.7 Å². The Morgan fingerprint density at radius 2 is 1.55 bits per heavy atom. The molecule has 0 spiro atoms. The van der Waals surface area contributed by atoms with Gasteiger partial charge in [-0.2, -0.15) is 12.6 Å². The summed E-state index contributed by atoms with van der Waals surface area (Å²) in [7, 11) is -4.06. The maximum absolute atomic E-state index is 13.3. The van der Waals surface area contributed by atoms with E-state index >= 15 is 0 Å². The first-order valence-electron chi connectivity index (χ1n) is 13.9. The van der Waals surface area contributed by atoms with Crippen molar-refractivity contribution in [3.8, 4) is 0 Å². The minimum Gasteiger partial charge on any atom is -0.481 e. The van der Waals surface area contributed by atoms with E-state index in [1.807, 2.05) is 13.8 Å². The molecule has 3 amide bonds. The number of nitrogens with one attached hydrogen (secondary N) is 4. The normalized spacial score (nSPS) is 13.5. The third-order valence-corrected chi connectivity index (χ3v) is 8.66. The summed E-state index contributed by atoms with van der Waals surface area (Å²) in [5.41, 5.74) is 1.25. The second-order valence-corrected chi connectivity index (χ2v) is 13.5. The second kappa shape index (κ2) is 18.2. The molecule has 2 aromatic carbocycles. The molecule has 0 radical (unpaired) electrons. The Kier molecular flexibility index (Phi) is 15.5. The van der Waals surface area contributed by atoms with E-state index in [-0.39, 0.29) is 31.1 Å². The van der Waals surface area contributed by atoms with Crippen LogP contribution in [0, 0.1) is 5.92 Å². The maximum Gasteiger partial charge on any atom is 0.303 e. The van der Waals surface area contributed by atoms with Gasteiger partial charge in [-0.1, -0.05) is 73.4 Å². The van der Waals surface area contributed by atoms with Crippen molar-refractivity contribution in [2.45, 2.75) is 63.4 Å². The van der Waals surface area contributed by atoms with Crippen LogP contribution in [-0.4, -0.2) is 67.6 Å². The summed E-state index contributed by atoms with van der Waals surface area (Å²) in [5, 5.41) is 18.0. The number of benzene rings is 2. The van der Waals surface area contributed by atoms with Gasteiger partial charge < -0.3 is 21.1 Å². The topological polar surface area (TPSA) is 171 Å². The van der Waals surface area contributed by atoms with E-state index in [2.05, 4.69) is 33.3 Å². The number of carbonyl (C=O) groups excluding carboxylic acids is 3. The zero-order valence-corrected chi connectivity index (χ0v) is 27.6. The van der Waals surface area contributed by atoms with Gasteiger partial charge in [-0.3, -0.25) is 19.2 Å². The first kappa shape index (κ1) is 37.3. The summed E-state index contributed by atoms with van der Waals surface area (Å²) in [6.07, 6.45) is -0.254. The predicted octanol–water partition coefficient (Wildman–Crippen LogP) is 2.95. The fourth-order valence-corrected chi connectivity index (χ4v) is 6.31. The number of carboxylic acids is 1. The number of hydrogen-bond donors (Lipinski definition) is 6. The van der Waals surface area contributed by atoms with E-state index in [1.54, 1.807) is 48.5 Å². The van der Waals surface area contributed by atoms with Crippen LogP contribution in [0.15, 0.2) is 48.5 Å². The fourth-order valence-electron chi connectivity index (χ4n) is 4.17. The first-order valence-corrected chi connectivity index (χ1v) is 16.9. The largest absolute Gasteiger partial charge is 0.481 e. The van der Waals surface area contributed by atoms with E-state index in [1.165, 1.54) is 0 Å². The van der Waals surface area contributed by atoms with Crippen LogP contribution >= 0.6 is 35.8 Å². The van der Waals surface area contributed by atoms with E-state index in [0.29, 0.717) is 22.0 Å². The molecule has 44 heavy (non-hydrogen) atoms. The Balaban J connectivity index is 2.09. The Morgan fingerprint density at radius 3 is 2.14 bits per heavy atom. The zero-order valence-electron chi connectivity index (χ0n) is 24.4. The second-order valence-electron chi connectivity index (χ2n) is 10.6. The Labute approximate surface area is 273 Å². The fraction of sp³-hybridized carbons (Fsp3) is 0.448. The molecule has 5 N–H and O–H groups in total. The molecule has 11 nitrogen and oxygen atoms in total. The summed E-state index contributed by atoms with van der Waals surface area (Å²) in [5.74, 6) is -3.80. The quantitative estimate of drug-likeness (QED) is 0.131. The van der Waals surface area contributed by atoms with Crippen molar-refractivity contribution in [3.63, 3.8) is 0 Å². The summed E-state index contributed by atoms with van der Waals surface area (Å²) in [4.78, 5) is 50.6. The number of sulfonamides is 1.